The van der Waals surface area contributed by atoms with Crippen LogP contribution in [0.3, 0.4) is 0 Å². The van der Waals surface area contributed by atoms with E-state index in [1.165, 1.54) is 26.0 Å². The Morgan fingerprint density at radius 3 is 2.18 bits per heavy atom. The van der Waals surface area contributed by atoms with E-state index in [4.69, 9.17) is 5.11 Å². The van der Waals surface area contributed by atoms with Gasteiger partial charge in [0.1, 0.15) is 12.2 Å². The summed E-state index contributed by atoms with van der Waals surface area (Å²) in [5.41, 5.74) is -0.407. The molecule has 0 bridgehead atoms. The zero-order valence-electron chi connectivity index (χ0n) is 9.64. The first-order chi connectivity index (χ1) is 7.80. The second-order valence-electron chi connectivity index (χ2n) is 4.14. The molecule has 2 N–H and O–H groups in total. The molecular formula is C12H14O5. The molecular weight excluding hydrogens is 224 g/mol. The van der Waals surface area contributed by atoms with Gasteiger partial charge in [-0.15, -0.1) is 0 Å². The first-order valence-electron chi connectivity index (χ1n) is 5.02. The first-order valence-corrected chi connectivity index (χ1v) is 5.02. The van der Waals surface area contributed by atoms with Gasteiger partial charge in [-0.05, 0) is 19.4 Å². The summed E-state index contributed by atoms with van der Waals surface area (Å²) in [5, 5.41) is 17.8. The van der Waals surface area contributed by atoms with E-state index in [0.29, 0.717) is 11.1 Å². The lowest BCUT2D eigenvalue weighted by molar-refractivity contribution is 0.0488. The molecule has 0 aliphatic heterocycles. The van der Waals surface area contributed by atoms with Crippen molar-refractivity contribution in [3.05, 3.63) is 35.4 Å². The van der Waals surface area contributed by atoms with E-state index in [0.717, 1.165) is 0 Å². The summed E-state index contributed by atoms with van der Waals surface area (Å²) in [5.74, 6) is -0.386. The van der Waals surface area contributed by atoms with Crippen LogP contribution in [-0.2, 0) is 11.3 Å². The zero-order valence-corrected chi connectivity index (χ0v) is 9.64. The second kappa shape index (κ2) is 4.97. The van der Waals surface area contributed by atoms with Crippen LogP contribution in [0.15, 0.2) is 24.3 Å². The number of rotatable bonds is 4. The molecule has 0 atom stereocenters. The molecule has 0 aromatic heterocycles. The fraction of sp³-hybridized carbons (Fsp3) is 0.333. The van der Waals surface area contributed by atoms with Gasteiger partial charge in [0.2, 0.25) is 0 Å². The molecule has 1 aromatic carbocycles. The van der Waals surface area contributed by atoms with Crippen molar-refractivity contribution in [2.24, 2.45) is 0 Å². The summed E-state index contributed by atoms with van der Waals surface area (Å²) in [7, 11) is 0. The molecule has 5 nitrogen and oxygen atoms in total. The third-order valence-corrected chi connectivity index (χ3v) is 2.13. The molecule has 1 aromatic rings. The fourth-order valence-corrected chi connectivity index (χ4v) is 1.25. The molecule has 92 valence electrons. The van der Waals surface area contributed by atoms with Crippen LogP contribution in [0.25, 0.3) is 0 Å². The highest BCUT2D eigenvalue weighted by Crippen LogP contribution is 2.13. The Balaban J connectivity index is 2.75. The summed E-state index contributed by atoms with van der Waals surface area (Å²) >= 11 is 0. The van der Waals surface area contributed by atoms with Crippen molar-refractivity contribution in [1.82, 2.24) is 0 Å². The van der Waals surface area contributed by atoms with Gasteiger partial charge in [-0.2, -0.15) is 0 Å². The fourth-order valence-electron chi connectivity index (χ4n) is 1.25. The van der Waals surface area contributed by atoms with Crippen LogP contribution >= 0.6 is 0 Å². The van der Waals surface area contributed by atoms with Gasteiger partial charge in [0.25, 0.3) is 0 Å². The number of carboxylic acid groups (broad SMARTS) is 1. The number of ketones is 1. The van der Waals surface area contributed by atoms with Gasteiger partial charge in [0.15, 0.2) is 5.78 Å². The van der Waals surface area contributed by atoms with Crippen LogP contribution < -0.4 is 0 Å². The Hall–Kier alpha value is -1.88. The number of hydrogen-bond donors (Lipinski definition) is 2. The lowest BCUT2D eigenvalue weighted by Crippen LogP contribution is -2.31. The molecule has 5 heteroatoms. The first kappa shape index (κ1) is 13.2. The Morgan fingerprint density at radius 2 is 1.76 bits per heavy atom. The van der Waals surface area contributed by atoms with Gasteiger partial charge in [0.05, 0.1) is 0 Å². The lowest BCUT2D eigenvalue weighted by atomic mass is 9.96. The Kier molecular flexibility index (Phi) is 3.85. The number of carbonyl (C=O) groups excluding carboxylic acids is 1. The number of aliphatic hydroxyl groups is 1. The van der Waals surface area contributed by atoms with E-state index in [1.807, 2.05) is 0 Å². The maximum Gasteiger partial charge on any atom is 0.506 e. The number of Topliss-reactive ketones (excluding diaryl/α,β-unsaturated/α-hetero) is 1. The molecule has 0 aliphatic carbocycles. The van der Waals surface area contributed by atoms with E-state index >= 15 is 0 Å². The third kappa shape index (κ3) is 3.88. The topological polar surface area (TPSA) is 83.8 Å². The number of hydrogen-bond acceptors (Lipinski definition) is 4. The highest BCUT2D eigenvalue weighted by atomic mass is 16.7. The van der Waals surface area contributed by atoms with E-state index < -0.39 is 11.8 Å². The van der Waals surface area contributed by atoms with E-state index in [9.17, 15) is 14.7 Å². The largest absolute Gasteiger partial charge is 0.506 e. The quantitative estimate of drug-likeness (QED) is 0.617. The van der Waals surface area contributed by atoms with Gasteiger partial charge < -0.3 is 14.9 Å². The molecule has 0 saturated carbocycles. The summed E-state index contributed by atoms with van der Waals surface area (Å²) in [6.07, 6.45) is -1.35. The normalized spacial score (nSPS) is 11.0. The number of benzene rings is 1. The molecule has 0 aliphatic rings. The zero-order chi connectivity index (χ0) is 13.1. The Labute approximate surface area is 98.6 Å². The lowest BCUT2D eigenvalue weighted by Gasteiger charge is -2.15. The van der Waals surface area contributed by atoms with Crippen molar-refractivity contribution >= 4 is 11.9 Å². The van der Waals surface area contributed by atoms with Crippen molar-refractivity contribution in [3.63, 3.8) is 0 Å². The third-order valence-electron chi connectivity index (χ3n) is 2.13. The van der Waals surface area contributed by atoms with Crippen LogP contribution in [-0.4, -0.2) is 27.8 Å². The predicted molar refractivity (Wildman–Crippen MR) is 59.9 cm³/mol. The van der Waals surface area contributed by atoms with Gasteiger partial charge in [0, 0.05) is 5.56 Å². The van der Waals surface area contributed by atoms with Gasteiger partial charge in [-0.1, -0.05) is 24.3 Å². The molecule has 0 heterocycles. The standard InChI is InChI=1S/C12H14O5/c1-12(2,16)10(13)9-5-3-8(4-6-9)7-17-11(14)15/h3-6,16H,7H2,1-2H3,(H,14,15). The Bertz CT molecular complexity index is 414. The van der Waals surface area contributed by atoms with Gasteiger partial charge in [-0.3, -0.25) is 4.79 Å². The molecule has 0 spiro atoms. The molecule has 1 rings (SSSR count). The molecule has 0 fully saturated rings. The summed E-state index contributed by atoms with van der Waals surface area (Å²) in [4.78, 5) is 21.8. The second-order valence-corrected chi connectivity index (χ2v) is 4.14. The molecule has 0 unspecified atom stereocenters. The van der Waals surface area contributed by atoms with Gasteiger partial charge in [-0.25, -0.2) is 4.79 Å². The average molecular weight is 238 g/mol. The van der Waals surface area contributed by atoms with Crippen molar-refractivity contribution in [2.75, 3.05) is 0 Å². The van der Waals surface area contributed by atoms with Crippen LogP contribution in [0.1, 0.15) is 29.8 Å². The van der Waals surface area contributed by atoms with E-state index in [-0.39, 0.29) is 12.4 Å². The molecule has 17 heavy (non-hydrogen) atoms. The van der Waals surface area contributed by atoms with Crippen LogP contribution in [0.4, 0.5) is 4.79 Å². The van der Waals surface area contributed by atoms with Crippen LogP contribution in [0, 0.1) is 0 Å². The monoisotopic (exact) mass is 238 g/mol. The van der Waals surface area contributed by atoms with Gasteiger partial charge >= 0.3 is 6.16 Å². The Morgan fingerprint density at radius 1 is 1.24 bits per heavy atom. The van der Waals surface area contributed by atoms with Crippen molar-refractivity contribution in [1.29, 1.82) is 0 Å². The minimum absolute atomic E-state index is 0.0632. The van der Waals surface area contributed by atoms with E-state index in [2.05, 4.69) is 4.74 Å². The molecule has 0 saturated heterocycles. The van der Waals surface area contributed by atoms with Crippen molar-refractivity contribution in [2.45, 2.75) is 26.1 Å². The highest BCUT2D eigenvalue weighted by Gasteiger charge is 2.24. The highest BCUT2D eigenvalue weighted by molar-refractivity contribution is 6.01. The predicted octanol–water partition coefficient (Wildman–Crippen LogP) is 1.83. The average Bonchev–Trinajstić information content (AvgIpc) is 2.25. The smallest absolute Gasteiger partial charge is 0.450 e. The SMILES string of the molecule is CC(C)(O)C(=O)c1ccc(COC(=O)O)cc1. The molecule has 0 radical (unpaired) electrons. The summed E-state index contributed by atoms with van der Waals surface area (Å²) in [6, 6.07) is 6.23. The maximum absolute atomic E-state index is 11.7. The molecule has 0 amide bonds. The number of ether oxygens (including phenoxy) is 1. The van der Waals surface area contributed by atoms with Crippen molar-refractivity contribution in [3.8, 4) is 0 Å². The van der Waals surface area contributed by atoms with Crippen LogP contribution in [0.5, 0.6) is 0 Å². The summed E-state index contributed by atoms with van der Waals surface area (Å²) < 4.78 is 4.38. The van der Waals surface area contributed by atoms with E-state index in [1.54, 1.807) is 12.1 Å². The minimum Gasteiger partial charge on any atom is -0.450 e. The number of carbonyl (C=O) groups is 2. The maximum atomic E-state index is 11.7. The summed E-state index contributed by atoms with van der Waals surface area (Å²) in [6.45, 7) is 2.76. The van der Waals surface area contributed by atoms with Crippen LogP contribution in [0.2, 0.25) is 0 Å². The van der Waals surface area contributed by atoms with Crippen molar-refractivity contribution < 1.29 is 24.5 Å². The minimum atomic E-state index is -1.42.